The van der Waals surface area contributed by atoms with E-state index in [0.717, 1.165) is 57.0 Å². The van der Waals surface area contributed by atoms with Gasteiger partial charge in [0, 0.05) is 43.8 Å². The van der Waals surface area contributed by atoms with Crippen molar-refractivity contribution in [2.75, 3.05) is 19.6 Å². The van der Waals surface area contributed by atoms with Gasteiger partial charge in [-0.15, -0.1) is 0 Å². The molecule has 0 spiro atoms. The van der Waals surface area contributed by atoms with Gasteiger partial charge in [0.2, 0.25) is 11.8 Å². The minimum atomic E-state index is -3.18. The molecular formula is C20H24F4N2O4. The Balaban J connectivity index is 1.89. The number of likely N-dealkylation sites (tertiary alicyclic amines) is 1. The van der Waals surface area contributed by atoms with Gasteiger partial charge in [0.05, 0.1) is 0 Å². The van der Waals surface area contributed by atoms with Crippen molar-refractivity contribution in [3.05, 3.63) is 29.8 Å². The molecule has 1 saturated heterocycles. The Bertz CT molecular complexity index is 736. The zero-order valence-corrected chi connectivity index (χ0v) is 16.3. The predicted octanol–water partition coefficient (Wildman–Crippen LogP) is 3.81. The molecule has 1 fully saturated rings. The number of hydrogen-bond acceptors (Lipinski definition) is 4. The van der Waals surface area contributed by atoms with Crippen LogP contribution in [0.4, 0.5) is 17.6 Å². The van der Waals surface area contributed by atoms with E-state index in [2.05, 4.69) is 14.8 Å². The van der Waals surface area contributed by atoms with Gasteiger partial charge in [0.1, 0.15) is 11.5 Å². The number of ether oxygens (including phenoxy) is 2. The smallest absolute Gasteiger partial charge is 0.387 e. The summed E-state index contributed by atoms with van der Waals surface area (Å²) in [5.41, 5.74) is 0.0766. The first-order valence-electron chi connectivity index (χ1n) is 9.62. The van der Waals surface area contributed by atoms with Crippen LogP contribution in [0.3, 0.4) is 0 Å². The lowest BCUT2D eigenvalue weighted by Crippen LogP contribution is -2.34. The van der Waals surface area contributed by atoms with E-state index >= 15 is 0 Å². The maximum atomic E-state index is 12.6. The second kappa shape index (κ2) is 12.0. The van der Waals surface area contributed by atoms with Crippen LogP contribution in [-0.2, 0) is 9.59 Å². The number of rotatable bonds is 9. The molecule has 0 unspecified atom stereocenters. The average molecular weight is 432 g/mol. The van der Waals surface area contributed by atoms with Crippen LogP contribution in [0.1, 0.15) is 37.7 Å². The number of benzene rings is 1. The highest BCUT2D eigenvalue weighted by molar-refractivity contribution is 5.92. The fraction of sp³-hybridized carbons (Fsp3) is 0.500. The summed E-state index contributed by atoms with van der Waals surface area (Å²) in [5, 5.41) is 2.55. The van der Waals surface area contributed by atoms with Crippen LogP contribution in [0.5, 0.6) is 11.5 Å². The fourth-order valence-corrected chi connectivity index (χ4v) is 3.02. The summed E-state index contributed by atoms with van der Waals surface area (Å²) < 4.78 is 58.1. The van der Waals surface area contributed by atoms with Crippen molar-refractivity contribution >= 4 is 17.9 Å². The van der Waals surface area contributed by atoms with Crippen LogP contribution in [0, 0.1) is 0 Å². The Kier molecular flexibility index (Phi) is 9.43. The summed E-state index contributed by atoms with van der Waals surface area (Å²) in [7, 11) is 0. The minimum absolute atomic E-state index is 0.0246. The molecule has 0 atom stereocenters. The van der Waals surface area contributed by atoms with E-state index in [1.165, 1.54) is 12.1 Å². The molecule has 10 heteroatoms. The summed E-state index contributed by atoms with van der Waals surface area (Å²) in [6.07, 6.45) is 6.62. The molecule has 0 radical (unpaired) electrons. The molecular weight excluding hydrogens is 408 g/mol. The Morgan fingerprint density at radius 2 is 1.70 bits per heavy atom. The summed E-state index contributed by atoms with van der Waals surface area (Å²) in [5.74, 6) is -1.32. The van der Waals surface area contributed by atoms with E-state index in [4.69, 9.17) is 0 Å². The number of carbonyl (C=O) groups is 2. The molecule has 1 aliphatic rings. The van der Waals surface area contributed by atoms with Gasteiger partial charge in [0.15, 0.2) is 0 Å². The molecule has 2 rings (SSSR count). The fourth-order valence-electron chi connectivity index (χ4n) is 3.02. The van der Waals surface area contributed by atoms with E-state index in [0.29, 0.717) is 0 Å². The number of nitrogens with one attached hydrogen (secondary N) is 1. The quantitative estimate of drug-likeness (QED) is 0.476. The zero-order valence-electron chi connectivity index (χ0n) is 16.3. The number of halogens is 4. The standard InChI is InChI=1S/C20H24F4N2O4/c21-19(22)29-15-7-5-14(16(13-15)30-20(23)24)6-8-17(27)25-10-9-18(28)26-11-3-1-2-4-12-26/h5-8,13,19-20H,1-4,9-12H2,(H,25,27)/b8-6+. The number of carbonyl (C=O) groups excluding carboxylic acids is 2. The highest BCUT2D eigenvalue weighted by Gasteiger charge is 2.15. The van der Waals surface area contributed by atoms with Gasteiger partial charge in [0.25, 0.3) is 0 Å². The van der Waals surface area contributed by atoms with Gasteiger partial charge in [-0.25, -0.2) is 0 Å². The first-order chi connectivity index (χ1) is 14.3. The lowest BCUT2D eigenvalue weighted by atomic mass is 10.1. The molecule has 166 valence electrons. The van der Waals surface area contributed by atoms with Crippen molar-refractivity contribution in [3.63, 3.8) is 0 Å². The number of hydrogen-bond donors (Lipinski definition) is 1. The Morgan fingerprint density at radius 3 is 2.33 bits per heavy atom. The Labute approximate surface area is 171 Å². The molecule has 1 heterocycles. The van der Waals surface area contributed by atoms with Crippen LogP contribution in [0.15, 0.2) is 24.3 Å². The molecule has 1 N–H and O–H groups in total. The summed E-state index contributed by atoms with van der Waals surface area (Å²) in [6.45, 7) is -4.71. The third-order valence-electron chi connectivity index (χ3n) is 4.44. The second-order valence-corrected chi connectivity index (χ2v) is 6.63. The normalized spacial score (nSPS) is 14.8. The van der Waals surface area contributed by atoms with Crippen LogP contribution in [-0.4, -0.2) is 49.6 Å². The van der Waals surface area contributed by atoms with Crippen molar-refractivity contribution in [1.82, 2.24) is 10.2 Å². The monoisotopic (exact) mass is 432 g/mol. The van der Waals surface area contributed by atoms with E-state index < -0.39 is 24.9 Å². The minimum Gasteiger partial charge on any atom is -0.435 e. The molecule has 6 nitrogen and oxygen atoms in total. The third kappa shape index (κ3) is 8.30. The molecule has 2 amide bonds. The van der Waals surface area contributed by atoms with Crippen molar-refractivity contribution < 1.29 is 36.6 Å². The van der Waals surface area contributed by atoms with Gasteiger partial charge < -0.3 is 19.7 Å². The maximum absolute atomic E-state index is 12.6. The average Bonchev–Trinajstić information content (AvgIpc) is 2.96. The van der Waals surface area contributed by atoms with E-state index in [1.807, 2.05) is 0 Å². The molecule has 0 bridgehead atoms. The maximum Gasteiger partial charge on any atom is 0.387 e. The molecule has 0 aliphatic carbocycles. The van der Waals surface area contributed by atoms with Crippen molar-refractivity contribution in [2.24, 2.45) is 0 Å². The first kappa shape index (κ1) is 23.5. The van der Waals surface area contributed by atoms with Gasteiger partial charge in [-0.2, -0.15) is 17.6 Å². The molecule has 1 aliphatic heterocycles. The number of nitrogens with zero attached hydrogens (tertiary/aromatic N) is 1. The highest BCUT2D eigenvalue weighted by atomic mass is 19.3. The summed E-state index contributed by atoms with van der Waals surface area (Å²) >= 11 is 0. The van der Waals surface area contributed by atoms with E-state index in [-0.39, 0.29) is 30.2 Å². The molecule has 0 aromatic heterocycles. The molecule has 0 saturated carbocycles. The van der Waals surface area contributed by atoms with Gasteiger partial charge in [-0.05, 0) is 31.1 Å². The van der Waals surface area contributed by atoms with Gasteiger partial charge in [-0.3, -0.25) is 9.59 Å². The van der Waals surface area contributed by atoms with Crippen molar-refractivity contribution in [2.45, 2.75) is 45.3 Å². The summed E-state index contributed by atoms with van der Waals surface area (Å²) in [6, 6.07) is 3.24. The van der Waals surface area contributed by atoms with Crippen LogP contribution < -0.4 is 14.8 Å². The zero-order chi connectivity index (χ0) is 21.9. The van der Waals surface area contributed by atoms with E-state index in [9.17, 15) is 27.2 Å². The van der Waals surface area contributed by atoms with E-state index in [1.54, 1.807) is 4.90 Å². The lowest BCUT2D eigenvalue weighted by molar-refractivity contribution is -0.131. The topological polar surface area (TPSA) is 67.9 Å². The molecule has 1 aromatic rings. The van der Waals surface area contributed by atoms with Gasteiger partial charge in [-0.1, -0.05) is 12.8 Å². The van der Waals surface area contributed by atoms with Gasteiger partial charge >= 0.3 is 13.2 Å². The SMILES string of the molecule is O=C(/C=C/c1ccc(OC(F)F)cc1OC(F)F)NCCC(=O)N1CCCCCC1. The van der Waals surface area contributed by atoms with Crippen molar-refractivity contribution in [1.29, 1.82) is 0 Å². The number of alkyl halides is 4. The van der Waals surface area contributed by atoms with Crippen LogP contribution in [0.25, 0.3) is 6.08 Å². The molecule has 1 aromatic carbocycles. The predicted molar refractivity (Wildman–Crippen MR) is 101 cm³/mol. The highest BCUT2D eigenvalue weighted by Crippen LogP contribution is 2.28. The molecule has 30 heavy (non-hydrogen) atoms. The Hall–Kier alpha value is -2.78. The Morgan fingerprint density at radius 1 is 1.03 bits per heavy atom. The third-order valence-corrected chi connectivity index (χ3v) is 4.44. The van der Waals surface area contributed by atoms with Crippen molar-refractivity contribution in [3.8, 4) is 11.5 Å². The largest absolute Gasteiger partial charge is 0.435 e. The van der Waals surface area contributed by atoms with Crippen LogP contribution in [0.2, 0.25) is 0 Å². The summed E-state index contributed by atoms with van der Waals surface area (Å²) in [4.78, 5) is 25.9. The lowest BCUT2D eigenvalue weighted by Gasteiger charge is -2.20. The first-order valence-corrected chi connectivity index (χ1v) is 9.62. The number of amides is 2. The van der Waals surface area contributed by atoms with Crippen LogP contribution >= 0.6 is 0 Å². The second-order valence-electron chi connectivity index (χ2n) is 6.63.